The molecule has 0 fully saturated rings. The lowest BCUT2D eigenvalue weighted by Crippen LogP contribution is -2.29. The van der Waals surface area contributed by atoms with Crippen molar-refractivity contribution in [1.29, 1.82) is 5.41 Å². The van der Waals surface area contributed by atoms with Crippen molar-refractivity contribution >= 4 is 40.1 Å². The van der Waals surface area contributed by atoms with E-state index in [1.807, 2.05) is 19.2 Å². The molecule has 0 bridgehead atoms. The molecule has 1 aromatic rings. The number of amides is 1. The van der Waals surface area contributed by atoms with E-state index in [1.165, 1.54) is 4.90 Å². The van der Waals surface area contributed by atoms with Crippen LogP contribution < -0.4 is 5.32 Å². The number of carbonyl (C=O) groups excluding carboxylic acids is 1. The van der Waals surface area contributed by atoms with Crippen LogP contribution in [0.3, 0.4) is 0 Å². The van der Waals surface area contributed by atoms with E-state index < -0.39 is 0 Å². The maximum atomic E-state index is 12.0. The molecule has 21 heavy (non-hydrogen) atoms. The standard InChI is InChI=1S/C14H19ClN4OS/c1-10-6-11(8-17-7-10)18-9-12(14(15)16)19(2)13(20)4-5-21-3/h6-9,16,18H,4-5H2,1-3H3/b12-9+,16-14?. The maximum absolute atomic E-state index is 12.0. The average molecular weight is 327 g/mol. The van der Waals surface area contributed by atoms with Crippen LogP contribution in [-0.2, 0) is 4.79 Å². The first kappa shape index (κ1) is 17.5. The predicted molar refractivity (Wildman–Crippen MR) is 90.0 cm³/mol. The van der Waals surface area contributed by atoms with E-state index in [0.29, 0.717) is 12.1 Å². The van der Waals surface area contributed by atoms with Crippen molar-refractivity contribution < 1.29 is 4.79 Å². The summed E-state index contributed by atoms with van der Waals surface area (Å²) in [5, 5.41) is 10.4. The molecule has 0 aromatic carbocycles. The summed E-state index contributed by atoms with van der Waals surface area (Å²) in [7, 11) is 1.61. The molecule has 0 saturated carbocycles. The topological polar surface area (TPSA) is 69.1 Å². The van der Waals surface area contributed by atoms with Crippen LogP contribution in [0, 0.1) is 12.3 Å². The largest absolute Gasteiger partial charge is 0.358 e. The number of aryl methyl sites for hydroxylation is 1. The predicted octanol–water partition coefficient (Wildman–Crippen LogP) is 3.07. The Morgan fingerprint density at radius 3 is 2.86 bits per heavy atom. The van der Waals surface area contributed by atoms with Gasteiger partial charge in [0.15, 0.2) is 0 Å². The average Bonchev–Trinajstić information content (AvgIpc) is 2.44. The molecule has 2 N–H and O–H groups in total. The highest BCUT2D eigenvalue weighted by atomic mass is 35.5. The molecule has 1 heterocycles. The highest BCUT2D eigenvalue weighted by molar-refractivity contribution is 7.98. The number of pyridine rings is 1. The molecular weight excluding hydrogens is 308 g/mol. The summed E-state index contributed by atoms with van der Waals surface area (Å²) in [4.78, 5) is 17.4. The first-order valence-corrected chi connectivity index (χ1v) is 8.11. The van der Waals surface area contributed by atoms with E-state index in [-0.39, 0.29) is 11.1 Å². The van der Waals surface area contributed by atoms with Gasteiger partial charge in [0.2, 0.25) is 5.91 Å². The van der Waals surface area contributed by atoms with Gasteiger partial charge in [0, 0.05) is 31.6 Å². The van der Waals surface area contributed by atoms with Crippen molar-refractivity contribution in [3.05, 3.63) is 35.9 Å². The summed E-state index contributed by atoms with van der Waals surface area (Å²) in [6, 6.07) is 1.91. The minimum Gasteiger partial charge on any atom is -0.358 e. The van der Waals surface area contributed by atoms with E-state index in [2.05, 4.69) is 10.3 Å². The molecule has 0 saturated heterocycles. The lowest BCUT2D eigenvalue weighted by Gasteiger charge is -2.19. The van der Waals surface area contributed by atoms with E-state index in [0.717, 1.165) is 17.0 Å². The molecule has 1 aromatic heterocycles. The lowest BCUT2D eigenvalue weighted by atomic mass is 10.3. The number of rotatable bonds is 7. The van der Waals surface area contributed by atoms with Gasteiger partial charge in [0.25, 0.3) is 0 Å². The van der Waals surface area contributed by atoms with E-state index in [9.17, 15) is 4.79 Å². The number of nitrogens with zero attached hydrogens (tertiary/aromatic N) is 2. The van der Waals surface area contributed by atoms with Crippen LogP contribution in [-0.4, -0.2) is 40.0 Å². The fraction of sp³-hybridized carbons (Fsp3) is 0.357. The molecule has 0 radical (unpaired) electrons. The Morgan fingerprint density at radius 1 is 1.57 bits per heavy atom. The number of aromatic nitrogens is 1. The van der Waals surface area contributed by atoms with Crippen LogP contribution >= 0.6 is 23.4 Å². The Labute approximate surface area is 134 Å². The van der Waals surface area contributed by atoms with Gasteiger partial charge in [0.05, 0.1) is 17.6 Å². The number of nitrogens with one attached hydrogen (secondary N) is 2. The van der Waals surface area contributed by atoms with Gasteiger partial charge in [-0.05, 0) is 24.8 Å². The third-order valence-electron chi connectivity index (χ3n) is 2.73. The van der Waals surface area contributed by atoms with Crippen LogP contribution in [0.4, 0.5) is 5.69 Å². The first-order chi connectivity index (χ1) is 9.95. The molecule has 0 aliphatic heterocycles. The fourth-order valence-corrected chi connectivity index (χ4v) is 2.14. The number of hydrogen-bond acceptors (Lipinski definition) is 5. The molecule has 0 unspecified atom stereocenters. The molecule has 1 rings (SSSR count). The molecule has 0 aliphatic carbocycles. The van der Waals surface area contributed by atoms with Crippen molar-refractivity contribution in [2.45, 2.75) is 13.3 Å². The van der Waals surface area contributed by atoms with Crippen molar-refractivity contribution in [2.75, 3.05) is 24.4 Å². The second-order valence-corrected chi connectivity index (χ2v) is 5.80. The Balaban J connectivity index is 2.83. The summed E-state index contributed by atoms with van der Waals surface area (Å²) in [5.74, 6) is 0.659. The fourth-order valence-electron chi connectivity index (χ4n) is 1.58. The second kappa shape index (κ2) is 8.69. The Hall–Kier alpha value is -1.53. The summed E-state index contributed by atoms with van der Waals surface area (Å²) in [6.45, 7) is 1.93. The zero-order chi connectivity index (χ0) is 15.8. The minimum absolute atomic E-state index is 0.0785. The number of thioether (sulfide) groups is 1. The third kappa shape index (κ3) is 5.77. The Morgan fingerprint density at radius 2 is 2.29 bits per heavy atom. The molecule has 1 amide bonds. The van der Waals surface area contributed by atoms with E-state index >= 15 is 0 Å². The first-order valence-electron chi connectivity index (χ1n) is 6.34. The van der Waals surface area contributed by atoms with Crippen LogP contribution in [0.15, 0.2) is 30.4 Å². The molecular formula is C14H19ClN4OS. The maximum Gasteiger partial charge on any atom is 0.227 e. The molecule has 0 atom stereocenters. The zero-order valence-corrected chi connectivity index (χ0v) is 13.9. The van der Waals surface area contributed by atoms with Crippen LogP contribution in [0.25, 0.3) is 0 Å². The summed E-state index contributed by atoms with van der Waals surface area (Å²) >= 11 is 7.38. The number of carbonyl (C=O) groups is 1. The highest BCUT2D eigenvalue weighted by Crippen LogP contribution is 2.12. The van der Waals surface area contributed by atoms with Gasteiger partial charge >= 0.3 is 0 Å². The van der Waals surface area contributed by atoms with Crippen molar-refractivity contribution in [2.24, 2.45) is 0 Å². The summed E-state index contributed by atoms with van der Waals surface area (Å²) in [6.07, 6.45) is 7.31. The molecule has 114 valence electrons. The SMILES string of the molecule is CSCCC(=O)N(C)/C(=C/Nc1cncc(C)c1)C(=N)Cl. The lowest BCUT2D eigenvalue weighted by molar-refractivity contribution is -0.127. The minimum atomic E-state index is -0.192. The molecule has 5 nitrogen and oxygen atoms in total. The zero-order valence-electron chi connectivity index (χ0n) is 12.3. The van der Waals surface area contributed by atoms with Gasteiger partial charge in [-0.1, -0.05) is 11.6 Å². The summed E-state index contributed by atoms with van der Waals surface area (Å²) < 4.78 is 0. The number of hydrogen-bond donors (Lipinski definition) is 2. The van der Waals surface area contributed by atoms with Gasteiger partial charge in [-0.3, -0.25) is 15.2 Å². The van der Waals surface area contributed by atoms with Gasteiger partial charge in [-0.2, -0.15) is 11.8 Å². The van der Waals surface area contributed by atoms with Crippen LogP contribution in [0.1, 0.15) is 12.0 Å². The summed E-state index contributed by atoms with van der Waals surface area (Å²) in [5.41, 5.74) is 2.11. The van der Waals surface area contributed by atoms with Gasteiger partial charge in [0.1, 0.15) is 5.17 Å². The van der Waals surface area contributed by atoms with Crippen LogP contribution in [0.2, 0.25) is 0 Å². The normalized spacial score (nSPS) is 11.1. The Bertz CT molecular complexity index is 548. The van der Waals surface area contributed by atoms with Crippen molar-refractivity contribution in [1.82, 2.24) is 9.88 Å². The quantitative estimate of drug-likeness (QED) is 0.755. The second-order valence-electron chi connectivity index (χ2n) is 4.43. The number of halogens is 1. The van der Waals surface area contributed by atoms with E-state index in [4.69, 9.17) is 17.0 Å². The van der Waals surface area contributed by atoms with Crippen molar-refractivity contribution in [3.63, 3.8) is 0 Å². The van der Waals surface area contributed by atoms with Gasteiger partial charge in [-0.15, -0.1) is 0 Å². The molecule has 7 heteroatoms. The monoisotopic (exact) mass is 326 g/mol. The molecule has 0 spiro atoms. The highest BCUT2D eigenvalue weighted by Gasteiger charge is 2.15. The van der Waals surface area contributed by atoms with Gasteiger partial charge in [-0.25, -0.2) is 0 Å². The number of anilines is 1. The van der Waals surface area contributed by atoms with E-state index in [1.54, 1.807) is 37.4 Å². The van der Waals surface area contributed by atoms with Crippen molar-refractivity contribution in [3.8, 4) is 0 Å². The smallest absolute Gasteiger partial charge is 0.227 e. The van der Waals surface area contributed by atoms with Gasteiger partial charge < -0.3 is 10.2 Å². The van der Waals surface area contributed by atoms with Crippen LogP contribution in [0.5, 0.6) is 0 Å². The Kier molecular flexibility index (Phi) is 7.25. The molecule has 0 aliphatic rings. The third-order valence-corrected chi connectivity index (χ3v) is 3.54. The number of allylic oxidation sites excluding steroid dienone is 1.